The minimum absolute atomic E-state index is 0.0535. The van der Waals surface area contributed by atoms with Gasteiger partial charge in [-0.2, -0.15) is 13.2 Å². The number of benzene rings is 1. The molecule has 0 radical (unpaired) electrons. The Bertz CT molecular complexity index is 898. The number of rotatable bonds is 6. The first kappa shape index (κ1) is 21.6. The van der Waals surface area contributed by atoms with Gasteiger partial charge in [0.25, 0.3) is 0 Å². The van der Waals surface area contributed by atoms with Gasteiger partial charge in [-0.05, 0) is 32.3 Å². The molecule has 0 aliphatic carbocycles. The SMILES string of the molecule is CC1(C)[C@H](C(=O)OCCCC(c2ccccc2)C(F)(F)F)N2C(=O)C[C@H]2S1(=O)=O. The van der Waals surface area contributed by atoms with Crippen molar-refractivity contribution < 1.29 is 35.9 Å². The highest BCUT2D eigenvalue weighted by molar-refractivity contribution is 7.93. The number of halogens is 3. The van der Waals surface area contributed by atoms with E-state index in [1.165, 1.54) is 38.1 Å². The lowest BCUT2D eigenvalue weighted by Gasteiger charge is -2.36. The van der Waals surface area contributed by atoms with E-state index in [4.69, 9.17) is 4.74 Å². The number of β-lactam (4-membered cyclic amide) rings is 1. The third kappa shape index (κ3) is 3.62. The topological polar surface area (TPSA) is 80.8 Å². The van der Waals surface area contributed by atoms with Gasteiger partial charge in [0.1, 0.15) is 11.4 Å². The summed E-state index contributed by atoms with van der Waals surface area (Å²) in [6.45, 7) is 2.42. The molecule has 1 amide bonds. The van der Waals surface area contributed by atoms with Crippen molar-refractivity contribution in [1.29, 1.82) is 0 Å². The van der Waals surface area contributed by atoms with E-state index in [2.05, 4.69) is 0 Å². The number of alkyl halides is 3. The Morgan fingerprint density at radius 1 is 1.28 bits per heavy atom. The summed E-state index contributed by atoms with van der Waals surface area (Å²) in [5, 5.41) is -1.03. The van der Waals surface area contributed by atoms with Crippen molar-refractivity contribution in [2.75, 3.05) is 6.61 Å². The third-order valence-electron chi connectivity index (χ3n) is 5.68. The summed E-state index contributed by atoms with van der Waals surface area (Å²) in [6, 6.07) is 6.18. The van der Waals surface area contributed by atoms with Crippen LogP contribution in [-0.2, 0) is 24.2 Å². The van der Waals surface area contributed by atoms with Crippen LogP contribution in [0.1, 0.15) is 44.6 Å². The van der Waals surface area contributed by atoms with Gasteiger partial charge in [-0.25, -0.2) is 13.2 Å². The van der Waals surface area contributed by atoms with E-state index in [1.807, 2.05) is 0 Å². The first-order valence-corrected chi connectivity index (χ1v) is 10.8. The molecule has 0 bridgehead atoms. The summed E-state index contributed by atoms with van der Waals surface area (Å²) in [7, 11) is -3.74. The van der Waals surface area contributed by atoms with Gasteiger partial charge < -0.3 is 9.64 Å². The van der Waals surface area contributed by atoms with Crippen molar-refractivity contribution >= 4 is 21.7 Å². The first-order valence-electron chi connectivity index (χ1n) is 9.22. The van der Waals surface area contributed by atoms with Crippen molar-refractivity contribution in [3.05, 3.63) is 35.9 Å². The molecule has 1 aromatic carbocycles. The molecule has 1 unspecified atom stereocenters. The Hall–Kier alpha value is -2.10. The van der Waals surface area contributed by atoms with E-state index in [1.54, 1.807) is 6.07 Å². The second-order valence-electron chi connectivity index (χ2n) is 7.83. The lowest BCUT2D eigenvalue weighted by Crippen LogP contribution is -2.57. The highest BCUT2D eigenvalue weighted by atomic mass is 32.2. The Morgan fingerprint density at radius 2 is 1.90 bits per heavy atom. The van der Waals surface area contributed by atoms with Gasteiger partial charge in [0.05, 0.1) is 23.7 Å². The van der Waals surface area contributed by atoms with Crippen LogP contribution in [0.2, 0.25) is 0 Å². The van der Waals surface area contributed by atoms with Gasteiger partial charge in [0.2, 0.25) is 5.91 Å². The molecule has 2 heterocycles. The van der Waals surface area contributed by atoms with Crippen molar-refractivity contribution in [3.63, 3.8) is 0 Å². The number of fused-ring (bicyclic) bond motifs is 1. The second kappa shape index (κ2) is 7.30. The summed E-state index contributed by atoms with van der Waals surface area (Å²) < 4.78 is 68.6. The van der Waals surface area contributed by atoms with Crippen molar-refractivity contribution in [2.45, 2.75) is 61.4 Å². The fraction of sp³-hybridized carbons (Fsp3) is 0.579. The maximum atomic E-state index is 13.4. The van der Waals surface area contributed by atoms with Crippen LogP contribution < -0.4 is 0 Å². The van der Waals surface area contributed by atoms with Crippen LogP contribution in [-0.4, -0.2) is 54.1 Å². The zero-order valence-electron chi connectivity index (χ0n) is 16.0. The van der Waals surface area contributed by atoms with Crippen LogP contribution in [0, 0.1) is 0 Å². The van der Waals surface area contributed by atoms with Crippen molar-refractivity contribution in [2.24, 2.45) is 0 Å². The smallest absolute Gasteiger partial charge is 0.395 e. The Kier molecular flexibility index (Phi) is 5.44. The van der Waals surface area contributed by atoms with Crippen LogP contribution in [0.4, 0.5) is 13.2 Å². The van der Waals surface area contributed by atoms with Crippen LogP contribution in [0.5, 0.6) is 0 Å². The van der Waals surface area contributed by atoms with Crippen LogP contribution in [0.15, 0.2) is 30.3 Å². The fourth-order valence-electron chi connectivity index (χ4n) is 3.95. The minimum atomic E-state index is -4.44. The van der Waals surface area contributed by atoms with Crippen molar-refractivity contribution in [1.82, 2.24) is 4.90 Å². The maximum Gasteiger partial charge on any atom is 0.395 e. The number of carbonyl (C=O) groups is 2. The number of amides is 1. The molecule has 29 heavy (non-hydrogen) atoms. The molecule has 0 N–H and O–H groups in total. The van der Waals surface area contributed by atoms with E-state index in [0.29, 0.717) is 0 Å². The Balaban J connectivity index is 1.62. The molecule has 2 fully saturated rings. The standard InChI is InChI=1S/C19H22F3NO5S/c1-18(2)16(23-14(24)11-15(23)29(18,26)27)17(25)28-10-6-9-13(19(20,21)22)12-7-4-3-5-8-12/h3-5,7-8,13,15-16H,6,9-11H2,1-2H3/t13?,15-,16+/m1/s1. The summed E-state index contributed by atoms with van der Waals surface area (Å²) in [4.78, 5) is 25.3. The molecule has 160 valence electrons. The monoisotopic (exact) mass is 433 g/mol. The maximum absolute atomic E-state index is 13.4. The zero-order valence-corrected chi connectivity index (χ0v) is 16.8. The number of nitrogens with zero attached hydrogens (tertiary/aromatic N) is 1. The highest BCUT2D eigenvalue weighted by Crippen LogP contribution is 2.46. The number of esters is 1. The molecule has 1 aromatic rings. The predicted molar refractivity (Wildman–Crippen MR) is 97.5 cm³/mol. The molecule has 2 saturated heterocycles. The molecule has 10 heteroatoms. The van der Waals surface area contributed by atoms with Gasteiger partial charge in [0, 0.05) is 0 Å². The predicted octanol–water partition coefficient (Wildman–Crippen LogP) is 2.79. The minimum Gasteiger partial charge on any atom is -0.464 e. The summed E-state index contributed by atoms with van der Waals surface area (Å²) >= 11 is 0. The average molecular weight is 433 g/mol. The van der Waals surface area contributed by atoms with Gasteiger partial charge >= 0.3 is 12.1 Å². The molecule has 3 rings (SSSR count). The lowest BCUT2D eigenvalue weighted by atomic mass is 9.94. The molecule has 0 spiro atoms. The van der Waals surface area contributed by atoms with Gasteiger partial charge in [0.15, 0.2) is 9.84 Å². The number of ether oxygens (including phenoxy) is 1. The molecular weight excluding hydrogens is 411 g/mol. The van der Waals surface area contributed by atoms with Crippen molar-refractivity contribution in [3.8, 4) is 0 Å². The number of hydrogen-bond donors (Lipinski definition) is 0. The highest BCUT2D eigenvalue weighted by Gasteiger charge is 2.68. The number of carbonyl (C=O) groups excluding carboxylic acids is 2. The average Bonchev–Trinajstić information content (AvgIpc) is 2.74. The molecule has 6 nitrogen and oxygen atoms in total. The number of sulfone groups is 1. The van der Waals surface area contributed by atoms with Crippen LogP contribution in [0.25, 0.3) is 0 Å². The molecule has 0 aromatic heterocycles. The van der Waals surface area contributed by atoms with E-state index in [-0.39, 0.29) is 31.4 Å². The van der Waals surface area contributed by atoms with Gasteiger partial charge in [-0.15, -0.1) is 0 Å². The second-order valence-corrected chi connectivity index (χ2v) is 10.5. The molecule has 3 atom stereocenters. The van der Waals surface area contributed by atoms with Crippen LogP contribution >= 0.6 is 0 Å². The van der Waals surface area contributed by atoms with Gasteiger partial charge in [-0.1, -0.05) is 30.3 Å². The largest absolute Gasteiger partial charge is 0.464 e. The normalized spacial score (nSPS) is 25.8. The quantitative estimate of drug-likeness (QED) is 0.392. The van der Waals surface area contributed by atoms with E-state index in [0.717, 1.165) is 4.90 Å². The van der Waals surface area contributed by atoms with Gasteiger partial charge in [-0.3, -0.25) is 4.79 Å². The van der Waals surface area contributed by atoms with E-state index < -0.39 is 50.0 Å². The third-order valence-corrected chi connectivity index (χ3v) is 8.48. The summed E-state index contributed by atoms with van der Waals surface area (Å²) in [5.41, 5.74) is 0.128. The molecule has 2 aliphatic rings. The number of hydrogen-bond acceptors (Lipinski definition) is 5. The Morgan fingerprint density at radius 3 is 2.45 bits per heavy atom. The lowest BCUT2D eigenvalue weighted by molar-refractivity contribution is -0.162. The summed E-state index contributed by atoms with van der Waals surface area (Å²) in [6.07, 6.45) is -4.94. The van der Waals surface area contributed by atoms with Crippen LogP contribution in [0.3, 0.4) is 0 Å². The Labute approximate surface area is 166 Å². The first-order chi connectivity index (χ1) is 13.4. The molecule has 2 aliphatic heterocycles. The zero-order chi connectivity index (χ0) is 21.6. The fourth-order valence-corrected chi connectivity index (χ4v) is 6.08. The van der Waals surface area contributed by atoms with E-state index in [9.17, 15) is 31.2 Å². The van der Waals surface area contributed by atoms with E-state index >= 15 is 0 Å². The molecular formula is C19H22F3NO5S. The summed E-state index contributed by atoms with van der Waals surface area (Å²) in [5.74, 6) is -3.04. The molecule has 0 saturated carbocycles.